The Kier molecular flexibility index (Phi) is 2.80. The van der Waals surface area contributed by atoms with Gasteiger partial charge in [-0.05, 0) is 12.1 Å². The zero-order valence-electron chi connectivity index (χ0n) is 6.75. The molecule has 0 aromatic carbocycles. The van der Waals surface area contributed by atoms with Crippen molar-refractivity contribution in [3.63, 3.8) is 0 Å². The first-order valence-corrected chi connectivity index (χ1v) is 3.62. The molecule has 13 heavy (non-hydrogen) atoms. The van der Waals surface area contributed by atoms with E-state index in [0.717, 1.165) is 0 Å². The van der Waals surface area contributed by atoms with E-state index < -0.39 is 12.2 Å². The minimum Gasteiger partial charge on any atom is -0.399 e. The lowest BCUT2D eigenvalue weighted by Crippen LogP contribution is -2.17. The predicted octanol–water partition coefficient (Wildman–Crippen LogP) is -0.418. The van der Waals surface area contributed by atoms with E-state index in [1.807, 2.05) is 0 Å². The summed E-state index contributed by atoms with van der Waals surface area (Å²) in [5, 5.41) is 26.6. The van der Waals surface area contributed by atoms with Crippen molar-refractivity contribution in [1.29, 1.82) is 5.26 Å². The second kappa shape index (κ2) is 3.85. The van der Waals surface area contributed by atoms with Crippen molar-refractivity contribution < 1.29 is 10.2 Å². The number of aliphatic hydroxyl groups is 2. The van der Waals surface area contributed by atoms with Crippen LogP contribution in [-0.2, 0) is 0 Å². The van der Waals surface area contributed by atoms with Crippen LogP contribution in [0.2, 0.25) is 0 Å². The van der Waals surface area contributed by atoms with Crippen molar-refractivity contribution in [3.05, 3.63) is 24.0 Å². The number of hydrogen-bond donors (Lipinski definition) is 3. The summed E-state index contributed by atoms with van der Waals surface area (Å²) in [4.78, 5) is 3.77. The number of aliphatic hydroxyl groups excluding tert-OH is 2. The molecule has 0 aliphatic carbocycles. The number of nitrogens with two attached hydrogens (primary N) is 1. The SMILES string of the molecule is N#CC(O)C(O)c1cc(N)ccn1. The Morgan fingerprint density at radius 1 is 1.54 bits per heavy atom. The van der Waals surface area contributed by atoms with E-state index in [9.17, 15) is 5.11 Å². The van der Waals surface area contributed by atoms with Crippen LogP contribution in [0.3, 0.4) is 0 Å². The number of anilines is 1. The highest BCUT2D eigenvalue weighted by Crippen LogP contribution is 2.15. The van der Waals surface area contributed by atoms with Crippen LogP contribution in [0, 0.1) is 11.3 Å². The minimum atomic E-state index is -1.48. The van der Waals surface area contributed by atoms with Gasteiger partial charge in [0.05, 0.1) is 11.8 Å². The Labute approximate surface area is 75.1 Å². The number of nitrogens with zero attached hydrogens (tertiary/aromatic N) is 2. The van der Waals surface area contributed by atoms with Gasteiger partial charge in [0.15, 0.2) is 6.10 Å². The molecule has 2 atom stereocenters. The molecule has 68 valence electrons. The summed E-state index contributed by atoms with van der Waals surface area (Å²) in [6, 6.07) is 4.47. The number of nitriles is 1. The molecule has 2 unspecified atom stereocenters. The normalized spacial score (nSPS) is 14.5. The molecule has 0 bridgehead atoms. The molecule has 0 amide bonds. The predicted molar refractivity (Wildman–Crippen MR) is 45.2 cm³/mol. The highest BCUT2D eigenvalue weighted by molar-refractivity contribution is 5.38. The van der Waals surface area contributed by atoms with Crippen molar-refractivity contribution >= 4 is 5.69 Å². The highest BCUT2D eigenvalue weighted by Gasteiger charge is 2.18. The van der Waals surface area contributed by atoms with Crippen molar-refractivity contribution in [2.75, 3.05) is 5.73 Å². The Morgan fingerprint density at radius 3 is 2.77 bits per heavy atom. The van der Waals surface area contributed by atoms with E-state index in [0.29, 0.717) is 5.69 Å². The maximum Gasteiger partial charge on any atom is 0.171 e. The smallest absolute Gasteiger partial charge is 0.171 e. The number of nitrogen functional groups attached to an aromatic ring is 1. The molecular formula is C8H9N3O2. The first-order chi connectivity index (χ1) is 6.15. The number of hydrogen-bond acceptors (Lipinski definition) is 5. The fourth-order valence-electron chi connectivity index (χ4n) is 0.860. The first-order valence-electron chi connectivity index (χ1n) is 3.62. The molecule has 4 N–H and O–H groups in total. The molecular weight excluding hydrogens is 170 g/mol. The van der Waals surface area contributed by atoms with Gasteiger partial charge in [-0.3, -0.25) is 4.98 Å². The minimum absolute atomic E-state index is 0.189. The van der Waals surface area contributed by atoms with Crippen LogP contribution in [-0.4, -0.2) is 21.3 Å². The van der Waals surface area contributed by atoms with Crippen LogP contribution < -0.4 is 5.73 Å². The van der Waals surface area contributed by atoms with Crippen LogP contribution >= 0.6 is 0 Å². The molecule has 1 aromatic rings. The standard InChI is InChI=1S/C8H9N3O2/c9-4-7(12)8(13)6-3-5(10)1-2-11-6/h1-3,7-8,12-13H,(H2,10,11). The van der Waals surface area contributed by atoms with Gasteiger partial charge in [-0.1, -0.05) is 0 Å². The summed E-state index contributed by atoms with van der Waals surface area (Å²) in [5.41, 5.74) is 6.04. The maximum absolute atomic E-state index is 9.32. The summed E-state index contributed by atoms with van der Waals surface area (Å²) in [6.45, 7) is 0. The molecule has 5 heteroatoms. The molecule has 1 aromatic heterocycles. The van der Waals surface area contributed by atoms with Gasteiger partial charge in [-0.2, -0.15) is 5.26 Å². The number of aromatic nitrogens is 1. The zero-order chi connectivity index (χ0) is 9.84. The topological polar surface area (TPSA) is 103 Å². The molecule has 5 nitrogen and oxygen atoms in total. The second-order valence-corrected chi connectivity index (χ2v) is 2.53. The van der Waals surface area contributed by atoms with Crippen LogP contribution in [0.4, 0.5) is 5.69 Å². The summed E-state index contributed by atoms with van der Waals surface area (Å²) in [6.07, 6.45) is -1.39. The number of pyridine rings is 1. The fraction of sp³-hybridized carbons (Fsp3) is 0.250. The molecule has 0 spiro atoms. The Bertz CT molecular complexity index is 334. The average Bonchev–Trinajstić information content (AvgIpc) is 2.15. The Morgan fingerprint density at radius 2 is 2.23 bits per heavy atom. The van der Waals surface area contributed by atoms with Crippen LogP contribution in [0.1, 0.15) is 11.8 Å². The van der Waals surface area contributed by atoms with Gasteiger partial charge < -0.3 is 15.9 Å². The molecule has 0 radical (unpaired) electrons. The van der Waals surface area contributed by atoms with Crippen molar-refractivity contribution in [1.82, 2.24) is 4.98 Å². The van der Waals surface area contributed by atoms with Gasteiger partial charge in [-0.15, -0.1) is 0 Å². The summed E-state index contributed by atoms with van der Waals surface area (Å²) >= 11 is 0. The van der Waals surface area contributed by atoms with Crippen LogP contribution in [0.5, 0.6) is 0 Å². The maximum atomic E-state index is 9.32. The second-order valence-electron chi connectivity index (χ2n) is 2.53. The van der Waals surface area contributed by atoms with Gasteiger partial charge in [0.25, 0.3) is 0 Å². The van der Waals surface area contributed by atoms with E-state index >= 15 is 0 Å². The van der Waals surface area contributed by atoms with Crippen molar-refractivity contribution in [3.8, 4) is 6.07 Å². The lowest BCUT2D eigenvalue weighted by Gasteiger charge is -2.10. The number of rotatable bonds is 2. The summed E-state index contributed by atoms with van der Waals surface area (Å²) < 4.78 is 0. The molecule has 1 heterocycles. The van der Waals surface area contributed by atoms with E-state index in [4.69, 9.17) is 16.1 Å². The monoisotopic (exact) mass is 179 g/mol. The molecule has 0 aliphatic heterocycles. The summed E-state index contributed by atoms with van der Waals surface area (Å²) in [5.74, 6) is 0. The highest BCUT2D eigenvalue weighted by atomic mass is 16.3. The molecule has 0 aliphatic rings. The van der Waals surface area contributed by atoms with E-state index in [2.05, 4.69) is 4.98 Å². The van der Waals surface area contributed by atoms with Crippen LogP contribution in [0.15, 0.2) is 18.3 Å². The third-order valence-corrected chi connectivity index (χ3v) is 1.54. The van der Waals surface area contributed by atoms with Gasteiger partial charge in [-0.25, -0.2) is 0 Å². The van der Waals surface area contributed by atoms with Gasteiger partial charge in [0.1, 0.15) is 6.10 Å². The third kappa shape index (κ3) is 2.15. The summed E-state index contributed by atoms with van der Waals surface area (Å²) in [7, 11) is 0. The van der Waals surface area contributed by atoms with Gasteiger partial charge >= 0.3 is 0 Å². The van der Waals surface area contributed by atoms with E-state index in [1.165, 1.54) is 18.3 Å². The quantitative estimate of drug-likeness (QED) is 0.535. The van der Waals surface area contributed by atoms with E-state index in [1.54, 1.807) is 6.07 Å². The van der Waals surface area contributed by atoms with Gasteiger partial charge in [0, 0.05) is 11.9 Å². The third-order valence-electron chi connectivity index (χ3n) is 1.54. The molecule has 0 fully saturated rings. The van der Waals surface area contributed by atoms with Gasteiger partial charge in [0.2, 0.25) is 0 Å². The fourth-order valence-corrected chi connectivity index (χ4v) is 0.860. The molecule has 0 saturated heterocycles. The molecule has 1 rings (SSSR count). The first kappa shape index (κ1) is 9.45. The lowest BCUT2D eigenvalue weighted by molar-refractivity contribution is 0.0499. The average molecular weight is 179 g/mol. The van der Waals surface area contributed by atoms with Crippen molar-refractivity contribution in [2.45, 2.75) is 12.2 Å². The van der Waals surface area contributed by atoms with E-state index in [-0.39, 0.29) is 5.69 Å². The van der Waals surface area contributed by atoms with Crippen LogP contribution in [0.25, 0.3) is 0 Å². The zero-order valence-corrected chi connectivity index (χ0v) is 6.75. The Hall–Kier alpha value is -1.64. The van der Waals surface area contributed by atoms with Crippen molar-refractivity contribution in [2.24, 2.45) is 0 Å². The largest absolute Gasteiger partial charge is 0.399 e. The lowest BCUT2D eigenvalue weighted by atomic mass is 10.1. The molecule has 0 saturated carbocycles. The Balaban J connectivity index is 2.90.